The van der Waals surface area contributed by atoms with Crippen LogP contribution in [0.1, 0.15) is 36.8 Å². The maximum atomic E-state index is 4.59. The average molecular weight is 270 g/mol. The van der Waals surface area contributed by atoms with Crippen LogP contribution in [-0.4, -0.2) is 26.5 Å². The topological polar surface area (TPSA) is 75.6 Å². The fraction of sp³-hybridized carbons (Fsp3) is 0.429. The first-order valence-electron chi connectivity index (χ1n) is 6.94. The lowest BCUT2D eigenvalue weighted by Crippen LogP contribution is -2.28. The molecule has 0 saturated carbocycles. The summed E-state index contributed by atoms with van der Waals surface area (Å²) in [7, 11) is 0. The molecular weight excluding hydrogens is 252 g/mol. The van der Waals surface area contributed by atoms with Gasteiger partial charge in [-0.2, -0.15) is 0 Å². The molecule has 0 unspecified atom stereocenters. The number of nitrogens with one attached hydrogen (secondary N) is 2. The highest BCUT2D eigenvalue weighted by Gasteiger charge is 2.18. The molecule has 1 aliphatic rings. The van der Waals surface area contributed by atoms with Crippen LogP contribution < -0.4 is 10.6 Å². The van der Waals surface area contributed by atoms with E-state index in [4.69, 9.17) is 0 Å². The largest absolute Gasteiger partial charge is 0.309 e. The van der Waals surface area contributed by atoms with Crippen LogP contribution in [0.25, 0.3) is 0 Å². The molecule has 6 heteroatoms. The van der Waals surface area contributed by atoms with Crippen molar-refractivity contribution in [2.45, 2.75) is 32.2 Å². The number of anilines is 2. The Kier molecular flexibility index (Phi) is 3.83. The zero-order chi connectivity index (χ0) is 13.8. The van der Waals surface area contributed by atoms with Crippen LogP contribution in [-0.2, 0) is 0 Å². The summed E-state index contributed by atoms with van der Waals surface area (Å²) in [5.74, 6) is 2.14. The second-order valence-electron chi connectivity index (χ2n) is 4.95. The van der Waals surface area contributed by atoms with Crippen molar-refractivity contribution in [2.75, 3.05) is 11.9 Å². The summed E-state index contributed by atoms with van der Waals surface area (Å²) in [6, 6.07) is 3.94. The van der Waals surface area contributed by atoms with Crippen LogP contribution in [0.15, 0.2) is 24.5 Å². The van der Waals surface area contributed by atoms with Crippen molar-refractivity contribution in [1.82, 2.24) is 25.3 Å². The maximum Gasteiger partial charge on any atom is 0.228 e. The van der Waals surface area contributed by atoms with Gasteiger partial charge in [0.25, 0.3) is 0 Å². The summed E-state index contributed by atoms with van der Waals surface area (Å²) in [5.41, 5.74) is 0.945. The molecule has 1 atom stereocenters. The monoisotopic (exact) mass is 270 g/mol. The molecule has 1 saturated heterocycles. The van der Waals surface area contributed by atoms with E-state index in [0.717, 1.165) is 30.3 Å². The maximum absolute atomic E-state index is 4.59. The summed E-state index contributed by atoms with van der Waals surface area (Å²) in [5, 5.41) is 6.59. The third kappa shape index (κ3) is 3.08. The number of aromatic nitrogens is 4. The van der Waals surface area contributed by atoms with E-state index in [-0.39, 0.29) is 6.04 Å². The average Bonchev–Trinajstić information content (AvgIpc) is 2.49. The minimum atomic E-state index is 0.251. The normalized spacial score (nSPS) is 18.8. The van der Waals surface area contributed by atoms with Crippen molar-refractivity contribution in [1.29, 1.82) is 0 Å². The van der Waals surface area contributed by atoms with Gasteiger partial charge >= 0.3 is 0 Å². The van der Waals surface area contributed by atoms with Crippen molar-refractivity contribution in [3.63, 3.8) is 0 Å². The van der Waals surface area contributed by atoms with Gasteiger partial charge in [-0.05, 0) is 32.4 Å². The fourth-order valence-corrected chi connectivity index (χ4v) is 2.36. The van der Waals surface area contributed by atoms with E-state index in [1.165, 1.54) is 12.8 Å². The Morgan fingerprint density at radius 3 is 2.80 bits per heavy atom. The zero-order valence-corrected chi connectivity index (χ0v) is 11.5. The Balaban J connectivity index is 1.82. The van der Waals surface area contributed by atoms with Gasteiger partial charge in [-0.3, -0.25) is 0 Å². The molecule has 3 heterocycles. The highest BCUT2D eigenvalue weighted by atomic mass is 15.2. The van der Waals surface area contributed by atoms with Crippen molar-refractivity contribution >= 4 is 11.8 Å². The molecule has 1 fully saturated rings. The summed E-state index contributed by atoms with van der Waals surface area (Å²) in [6.45, 7) is 3.01. The number of piperidine rings is 1. The Hall–Kier alpha value is -2.08. The molecule has 0 spiro atoms. The molecule has 6 nitrogen and oxygen atoms in total. The smallest absolute Gasteiger partial charge is 0.228 e. The molecule has 0 amide bonds. The van der Waals surface area contributed by atoms with Gasteiger partial charge < -0.3 is 10.6 Å². The van der Waals surface area contributed by atoms with Crippen LogP contribution in [0, 0.1) is 6.92 Å². The second-order valence-corrected chi connectivity index (χ2v) is 4.95. The minimum Gasteiger partial charge on any atom is -0.309 e. The van der Waals surface area contributed by atoms with Crippen molar-refractivity contribution in [3.05, 3.63) is 36.0 Å². The van der Waals surface area contributed by atoms with E-state index in [1.54, 1.807) is 18.5 Å². The molecular formula is C14H18N6. The molecule has 0 radical (unpaired) electrons. The fourth-order valence-electron chi connectivity index (χ4n) is 2.36. The Morgan fingerprint density at radius 1 is 1.20 bits per heavy atom. The standard InChI is InChI=1S/C14H18N6/c1-10-9-12(20-14-16-7-4-8-17-14)19-13(18-10)11-5-2-3-6-15-11/h4,7-9,11,15H,2-3,5-6H2,1H3,(H,16,17,18,19,20)/t11-/m0/s1. The highest BCUT2D eigenvalue weighted by Crippen LogP contribution is 2.22. The lowest BCUT2D eigenvalue weighted by atomic mass is 10.0. The number of aryl methyl sites for hydroxylation is 1. The van der Waals surface area contributed by atoms with E-state index in [2.05, 4.69) is 30.6 Å². The first-order chi connectivity index (χ1) is 9.81. The predicted molar refractivity (Wildman–Crippen MR) is 76.7 cm³/mol. The first kappa shape index (κ1) is 12.9. The van der Waals surface area contributed by atoms with Crippen molar-refractivity contribution < 1.29 is 0 Å². The second kappa shape index (κ2) is 5.92. The quantitative estimate of drug-likeness (QED) is 0.890. The van der Waals surface area contributed by atoms with E-state index in [9.17, 15) is 0 Å². The van der Waals surface area contributed by atoms with Crippen molar-refractivity contribution in [3.8, 4) is 0 Å². The lowest BCUT2D eigenvalue weighted by Gasteiger charge is -2.22. The van der Waals surface area contributed by atoms with Crippen LogP contribution in [0.2, 0.25) is 0 Å². The molecule has 2 aromatic heterocycles. The third-order valence-electron chi connectivity index (χ3n) is 3.30. The molecule has 0 aromatic carbocycles. The van der Waals surface area contributed by atoms with Crippen LogP contribution in [0.4, 0.5) is 11.8 Å². The van der Waals surface area contributed by atoms with Gasteiger partial charge in [-0.1, -0.05) is 6.42 Å². The van der Waals surface area contributed by atoms with Crippen LogP contribution >= 0.6 is 0 Å². The number of nitrogens with zero attached hydrogens (tertiary/aromatic N) is 4. The molecule has 2 aromatic rings. The minimum absolute atomic E-state index is 0.251. The van der Waals surface area contributed by atoms with Gasteiger partial charge in [-0.25, -0.2) is 19.9 Å². The Morgan fingerprint density at radius 2 is 2.05 bits per heavy atom. The SMILES string of the molecule is Cc1cc(Nc2ncccn2)nc([C@@H]2CCCCN2)n1. The highest BCUT2D eigenvalue weighted by molar-refractivity contribution is 5.47. The van der Waals surface area contributed by atoms with E-state index in [0.29, 0.717) is 5.95 Å². The van der Waals surface area contributed by atoms with Gasteiger partial charge in [-0.15, -0.1) is 0 Å². The zero-order valence-electron chi connectivity index (χ0n) is 11.5. The predicted octanol–water partition coefficient (Wildman–Crippen LogP) is 2.13. The summed E-state index contributed by atoms with van der Waals surface area (Å²) in [6.07, 6.45) is 6.94. The summed E-state index contributed by atoms with van der Waals surface area (Å²) < 4.78 is 0. The molecule has 1 aliphatic heterocycles. The van der Waals surface area contributed by atoms with E-state index >= 15 is 0 Å². The number of hydrogen-bond acceptors (Lipinski definition) is 6. The van der Waals surface area contributed by atoms with E-state index in [1.807, 2.05) is 13.0 Å². The molecule has 2 N–H and O–H groups in total. The van der Waals surface area contributed by atoms with Crippen LogP contribution in [0.5, 0.6) is 0 Å². The number of rotatable bonds is 3. The first-order valence-corrected chi connectivity index (χ1v) is 6.94. The summed E-state index contributed by atoms with van der Waals surface area (Å²) in [4.78, 5) is 17.4. The van der Waals surface area contributed by atoms with Gasteiger partial charge in [0.2, 0.25) is 5.95 Å². The Labute approximate surface area is 118 Å². The van der Waals surface area contributed by atoms with Crippen LogP contribution in [0.3, 0.4) is 0 Å². The van der Waals surface area contributed by atoms with Gasteiger partial charge in [0.15, 0.2) is 0 Å². The third-order valence-corrected chi connectivity index (χ3v) is 3.30. The van der Waals surface area contributed by atoms with Gasteiger partial charge in [0, 0.05) is 24.2 Å². The van der Waals surface area contributed by atoms with Gasteiger partial charge in [0.1, 0.15) is 11.6 Å². The Bertz CT molecular complexity index is 565. The van der Waals surface area contributed by atoms with Crippen molar-refractivity contribution in [2.24, 2.45) is 0 Å². The van der Waals surface area contributed by atoms with Gasteiger partial charge in [0.05, 0.1) is 6.04 Å². The molecule has 0 bridgehead atoms. The molecule has 104 valence electrons. The molecule has 0 aliphatic carbocycles. The molecule has 20 heavy (non-hydrogen) atoms. The van der Waals surface area contributed by atoms with E-state index < -0.39 is 0 Å². The lowest BCUT2D eigenvalue weighted by molar-refractivity contribution is 0.397. The molecule has 3 rings (SSSR count). The number of hydrogen-bond donors (Lipinski definition) is 2. The summed E-state index contributed by atoms with van der Waals surface area (Å²) >= 11 is 0.